The maximum atomic E-state index is 11.9. The van der Waals surface area contributed by atoms with Crippen LogP contribution in [-0.2, 0) is 0 Å². The Bertz CT molecular complexity index is 526. The average Bonchev–Trinajstić information content (AvgIpc) is 2.91. The van der Waals surface area contributed by atoms with Crippen LogP contribution in [0, 0.1) is 0 Å². The van der Waals surface area contributed by atoms with E-state index in [0.29, 0.717) is 16.2 Å². The molecule has 0 aliphatic carbocycles. The van der Waals surface area contributed by atoms with E-state index >= 15 is 0 Å². The predicted octanol–water partition coefficient (Wildman–Crippen LogP) is 2.82. The van der Waals surface area contributed by atoms with E-state index in [9.17, 15) is 9.59 Å². The summed E-state index contributed by atoms with van der Waals surface area (Å²) in [4.78, 5) is 24.1. The lowest BCUT2D eigenvalue weighted by molar-refractivity contribution is 0.0819. The summed E-state index contributed by atoms with van der Waals surface area (Å²) in [5.74, 6) is -0.301. The highest BCUT2D eigenvalue weighted by Crippen LogP contribution is 2.16. The van der Waals surface area contributed by atoms with E-state index in [0.717, 1.165) is 0 Å². The van der Waals surface area contributed by atoms with Gasteiger partial charge in [0, 0.05) is 5.56 Å². The molecule has 0 atom stereocenters. The Balaban J connectivity index is 2.22. The zero-order chi connectivity index (χ0) is 12.3. The van der Waals surface area contributed by atoms with Crippen molar-refractivity contribution < 1.29 is 14.3 Å². The normalized spacial score (nSPS) is 9.94. The maximum Gasteiger partial charge on any atom is 0.243 e. The monoisotopic (exact) mass is 246 g/mol. The van der Waals surface area contributed by atoms with Crippen molar-refractivity contribution in [2.75, 3.05) is 7.11 Å². The Morgan fingerprint density at radius 2 is 1.76 bits per heavy atom. The van der Waals surface area contributed by atoms with Gasteiger partial charge >= 0.3 is 0 Å². The van der Waals surface area contributed by atoms with Gasteiger partial charge in [-0.3, -0.25) is 9.59 Å². The van der Waals surface area contributed by atoms with Gasteiger partial charge in [-0.15, -0.1) is 11.3 Å². The van der Waals surface area contributed by atoms with Crippen LogP contribution in [0.5, 0.6) is 5.75 Å². The van der Waals surface area contributed by atoms with Crippen LogP contribution >= 0.6 is 11.3 Å². The van der Waals surface area contributed by atoms with E-state index in [4.69, 9.17) is 4.74 Å². The predicted molar refractivity (Wildman–Crippen MR) is 66.0 cm³/mol. The van der Waals surface area contributed by atoms with Gasteiger partial charge in [0.1, 0.15) is 5.75 Å². The van der Waals surface area contributed by atoms with E-state index in [1.165, 1.54) is 11.3 Å². The van der Waals surface area contributed by atoms with Gasteiger partial charge in [-0.1, -0.05) is 6.07 Å². The molecule has 0 aliphatic rings. The van der Waals surface area contributed by atoms with Crippen LogP contribution in [0.2, 0.25) is 0 Å². The number of ketones is 2. The average molecular weight is 246 g/mol. The molecule has 0 unspecified atom stereocenters. The summed E-state index contributed by atoms with van der Waals surface area (Å²) in [6, 6.07) is 9.90. The fraction of sp³-hybridized carbons (Fsp3) is 0.0769. The van der Waals surface area contributed by atoms with Crippen molar-refractivity contribution in [2.45, 2.75) is 0 Å². The largest absolute Gasteiger partial charge is 0.497 e. The lowest BCUT2D eigenvalue weighted by atomic mass is 10.1. The fourth-order valence-electron chi connectivity index (χ4n) is 1.39. The topological polar surface area (TPSA) is 43.4 Å². The van der Waals surface area contributed by atoms with Crippen LogP contribution in [0.15, 0.2) is 41.8 Å². The zero-order valence-corrected chi connectivity index (χ0v) is 9.99. The number of carbonyl (C=O) groups is 2. The Morgan fingerprint density at radius 3 is 2.29 bits per heavy atom. The Morgan fingerprint density at radius 1 is 1.06 bits per heavy atom. The second kappa shape index (κ2) is 4.93. The van der Waals surface area contributed by atoms with Crippen molar-refractivity contribution in [2.24, 2.45) is 0 Å². The molecule has 86 valence electrons. The molecule has 0 aliphatic heterocycles. The van der Waals surface area contributed by atoms with Crippen molar-refractivity contribution in [3.63, 3.8) is 0 Å². The molecule has 0 saturated carbocycles. The number of Topliss-reactive ketones (excluding diaryl/α,β-unsaturated/α-hetero) is 2. The number of methoxy groups -OCH3 is 1. The lowest BCUT2D eigenvalue weighted by Crippen LogP contribution is -2.12. The standard InChI is InChI=1S/C13H10O3S/c1-16-10-6-4-9(5-7-10)12(14)13(15)11-3-2-8-17-11/h2-8H,1H3. The summed E-state index contributed by atoms with van der Waals surface area (Å²) in [5.41, 5.74) is 0.379. The van der Waals surface area contributed by atoms with Crippen LogP contribution in [0.3, 0.4) is 0 Å². The third kappa shape index (κ3) is 2.42. The molecule has 0 N–H and O–H groups in total. The number of carbonyl (C=O) groups excluding carboxylic acids is 2. The maximum absolute atomic E-state index is 11.9. The van der Waals surface area contributed by atoms with Gasteiger partial charge in [0.2, 0.25) is 11.6 Å². The first-order chi connectivity index (χ1) is 8.22. The Kier molecular flexibility index (Phi) is 3.35. The van der Waals surface area contributed by atoms with Gasteiger partial charge in [0.15, 0.2) is 0 Å². The van der Waals surface area contributed by atoms with E-state index in [1.807, 2.05) is 0 Å². The van der Waals surface area contributed by atoms with Gasteiger partial charge in [0.05, 0.1) is 12.0 Å². The summed E-state index contributed by atoms with van der Waals surface area (Å²) in [6.45, 7) is 0. The smallest absolute Gasteiger partial charge is 0.243 e. The quantitative estimate of drug-likeness (QED) is 0.615. The first kappa shape index (κ1) is 11.5. The number of rotatable bonds is 4. The molecule has 0 saturated heterocycles. The number of hydrogen-bond acceptors (Lipinski definition) is 4. The molecule has 0 amide bonds. The molecule has 4 heteroatoms. The number of ether oxygens (including phenoxy) is 1. The highest BCUT2D eigenvalue weighted by molar-refractivity contribution is 7.13. The SMILES string of the molecule is COc1ccc(C(=O)C(=O)c2cccs2)cc1. The second-order valence-corrected chi connectivity index (χ2v) is 4.31. The molecule has 0 spiro atoms. The minimum atomic E-state index is -0.491. The third-order valence-corrected chi connectivity index (χ3v) is 3.17. The minimum Gasteiger partial charge on any atom is -0.497 e. The molecule has 0 radical (unpaired) electrons. The van der Waals surface area contributed by atoms with Gasteiger partial charge in [0.25, 0.3) is 0 Å². The molecular formula is C13H10O3S. The van der Waals surface area contributed by atoms with E-state index in [-0.39, 0.29) is 0 Å². The summed E-state index contributed by atoms with van der Waals surface area (Å²) in [7, 11) is 1.55. The minimum absolute atomic E-state index is 0.379. The highest BCUT2D eigenvalue weighted by Gasteiger charge is 2.18. The molecular weight excluding hydrogens is 236 g/mol. The van der Waals surface area contributed by atoms with E-state index < -0.39 is 11.6 Å². The van der Waals surface area contributed by atoms with Gasteiger partial charge < -0.3 is 4.74 Å². The lowest BCUT2D eigenvalue weighted by Gasteiger charge is -2.01. The molecule has 0 bridgehead atoms. The summed E-state index contributed by atoms with van der Waals surface area (Å²) < 4.78 is 4.99. The van der Waals surface area contributed by atoms with Crippen LogP contribution in [-0.4, -0.2) is 18.7 Å². The molecule has 17 heavy (non-hydrogen) atoms. The molecule has 3 nitrogen and oxygen atoms in total. The Hall–Kier alpha value is -1.94. The van der Waals surface area contributed by atoms with Crippen molar-refractivity contribution in [3.8, 4) is 5.75 Å². The van der Waals surface area contributed by atoms with Crippen LogP contribution in [0.1, 0.15) is 20.0 Å². The first-order valence-corrected chi connectivity index (χ1v) is 5.87. The van der Waals surface area contributed by atoms with E-state index in [2.05, 4.69) is 0 Å². The molecule has 1 aromatic heterocycles. The van der Waals surface area contributed by atoms with Crippen LogP contribution in [0.4, 0.5) is 0 Å². The van der Waals surface area contributed by atoms with Crippen LogP contribution in [0.25, 0.3) is 0 Å². The summed E-state index contributed by atoms with van der Waals surface area (Å²) in [6.07, 6.45) is 0. The molecule has 0 fully saturated rings. The summed E-state index contributed by atoms with van der Waals surface area (Å²) in [5, 5.41) is 1.77. The molecule has 1 aromatic carbocycles. The first-order valence-electron chi connectivity index (χ1n) is 4.99. The summed E-state index contributed by atoms with van der Waals surface area (Å²) >= 11 is 1.27. The fourth-order valence-corrected chi connectivity index (χ4v) is 2.05. The molecule has 2 aromatic rings. The zero-order valence-electron chi connectivity index (χ0n) is 9.17. The van der Waals surface area contributed by atoms with Crippen molar-refractivity contribution >= 4 is 22.9 Å². The Labute approximate surface area is 103 Å². The molecule has 2 rings (SSSR count). The molecule has 1 heterocycles. The second-order valence-electron chi connectivity index (χ2n) is 3.36. The number of thiophene rings is 1. The number of hydrogen-bond donors (Lipinski definition) is 0. The van der Waals surface area contributed by atoms with Gasteiger partial charge in [-0.05, 0) is 35.7 Å². The van der Waals surface area contributed by atoms with Crippen molar-refractivity contribution in [1.29, 1.82) is 0 Å². The van der Waals surface area contributed by atoms with Gasteiger partial charge in [-0.25, -0.2) is 0 Å². The van der Waals surface area contributed by atoms with Crippen LogP contribution < -0.4 is 4.74 Å². The van der Waals surface area contributed by atoms with Crippen molar-refractivity contribution in [1.82, 2.24) is 0 Å². The van der Waals surface area contributed by atoms with E-state index in [1.54, 1.807) is 48.9 Å². The van der Waals surface area contributed by atoms with Gasteiger partial charge in [-0.2, -0.15) is 0 Å². The highest BCUT2D eigenvalue weighted by atomic mass is 32.1. The van der Waals surface area contributed by atoms with Crippen molar-refractivity contribution in [3.05, 3.63) is 52.2 Å². The third-order valence-electron chi connectivity index (χ3n) is 2.30. The number of benzene rings is 1.